The molecule has 2 rings (SSSR count). The number of hydrogen-bond donors (Lipinski definition) is 0. The highest BCUT2D eigenvalue weighted by atomic mass is 16.5. The first-order valence-electron chi connectivity index (χ1n) is 11.1. The van der Waals surface area contributed by atoms with Gasteiger partial charge in [-0.25, -0.2) is 0 Å². The molecule has 0 aliphatic carbocycles. The molecule has 6 nitrogen and oxygen atoms in total. The van der Waals surface area contributed by atoms with Gasteiger partial charge in [-0.05, 0) is 103 Å². The third kappa shape index (κ3) is 6.56. The molecule has 0 aromatic heterocycles. The summed E-state index contributed by atoms with van der Waals surface area (Å²) in [5.41, 5.74) is 1.32. The molecule has 0 fully saturated rings. The Kier molecular flexibility index (Phi) is 8.09. The van der Waals surface area contributed by atoms with Gasteiger partial charge in [0.25, 0.3) is 0 Å². The summed E-state index contributed by atoms with van der Waals surface area (Å²) in [5, 5.41) is 0. The number of ketones is 1. The number of allylic oxidation sites excluding steroid dienone is 1. The van der Waals surface area contributed by atoms with Crippen LogP contribution in [0.4, 0.5) is 0 Å². The summed E-state index contributed by atoms with van der Waals surface area (Å²) < 4.78 is 16.5. The first-order chi connectivity index (χ1) is 15.6. The van der Waals surface area contributed by atoms with E-state index in [0.29, 0.717) is 33.9 Å². The molecule has 182 valence electrons. The minimum atomic E-state index is -0.641. The number of aryl methyl sites for hydroxylation is 1. The Balaban J connectivity index is 2.25. The van der Waals surface area contributed by atoms with Crippen molar-refractivity contribution in [2.45, 2.75) is 55.4 Å². The number of hydrogen-bond acceptors (Lipinski definition) is 6. The van der Waals surface area contributed by atoms with Crippen LogP contribution < -0.4 is 14.2 Å². The quantitative estimate of drug-likeness (QED) is 0.221. The van der Waals surface area contributed by atoms with E-state index in [0.717, 1.165) is 5.56 Å². The average Bonchev–Trinajstić information content (AvgIpc) is 2.73. The molecular formula is C28H34O6. The van der Waals surface area contributed by atoms with Crippen molar-refractivity contribution < 1.29 is 28.6 Å². The summed E-state index contributed by atoms with van der Waals surface area (Å²) in [7, 11) is 1.53. The van der Waals surface area contributed by atoms with Gasteiger partial charge in [0.2, 0.25) is 0 Å². The van der Waals surface area contributed by atoms with Crippen molar-refractivity contribution in [2.75, 3.05) is 7.11 Å². The average molecular weight is 467 g/mol. The van der Waals surface area contributed by atoms with Crippen LogP contribution in [0.1, 0.15) is 68.6 Å². The molecule has 0 saturated carbocycles. The number of esters is 2. The first kappa shape index (κ1) is 26.8. The standard InChI is InChI=1S/C28H34O6/c1-17-16-20(24(32-9)18(2)23(17)34-26(31)28(6,7)8)12-15-22(29)19-10-13-21(14-11-19)33-25(30)27(3,4)5/h10-16H,1-9H3. The van der Waals surface area contributed by atoms with Gasteiger partial charge in [-0.1, -0.05) is 0 Å². The molecule has 0 spiro atoms. The number of ether oxygens (including phenoxy) is 3. The molecule has 2 aromatic carbocycles. The zero-order valence-electron chi connectivity index (χ0n) is 21.5. The van der Waals surface area contributed by atoms with Crippen LogP contribution in [-0.2, 0) is 9.59 Å². The lowest BCUT2D eigenvalue weighted by Crippen LogP contribution is -2.26. The Hall–Kier alpha value is -3.41. The second-order valence-electron chi connectivity index (χ2n) is 10.3. The van der Waals surface area contributed by atoms with E-state index >= 15 is 0 Å². The molecule has 0 radical (unpaired) electrons. The zero-order valence-corrected chi connectivity index (χ0v) is 21.5. The smallest absolute Gasteiger partial charge is 0.316 e. The number of rotatable bonds is 6. The Labute approximate surface area is 201 Å². The summed E-state index contributed by atoms with van der Waals surface area (Å²) in [6, 6.07) is 8.23. The highest BCUT2D eigenvalue weighted by molar-refractivity contribution is 6.07. The summed E-state index contributed by atoms with van der Waals surface area (Å²) in [5.74, 6) is 0.469. The maximum Gasteiger partial charge on any atom is 0.316 e. The van der Waals surface area contributed by atoms with E-state index in [4.69, 9.17) is 14.2 Å². The molecule has 0 saturated heterocycles. The predicted octanol–water partition coefficient (Wildman–Crippen LogP) is 6.11. The van der Waals surface area contributed by atoms with Crippen molar-refractivity contribution in [3.63, 3.8) is 0 Å². The number of carbonyl (C=O) groups excluding carboxylic acids is 3. The molecule has 0 aliphatic heterocycles. The van der Waals surface area contributed by atoms with E-state index in [1.54, 1.807) is 71.9 Å². The van der Waals surface area contributed by atoms with Gasteiger partial charge >= 0.3 is 11.9 Å². The van der Waals surface area contributed by atoms with Crippen molar-refractivity contribution >= 4 is 23.8 Å². The van der Waals surface area contributed by atoms with Crippen LogP contribution in [0.5, 0.6) is 17.2 Å². The third-order valence-corrected chi connectivity index (χ3v) is 5.06. The van der Waals surface area contributed by atoms with Crippen molar-refractivity contribution in [3.8, 4) is 17.2 Å². The normalized spacial score (nSPS) is 11.9. The van der Waals surface area contributed by atoms with Gasteiger partial charge < -0.3 is 14.2 Å². The number of carbonyl (C=O) groups is 3. The number of benzene rings is 2. The van der Waals surface area contributed by atoms with Crippen molar-refractivity contribution in [1.29, 1.82) is 0 Å². The summed E-state index contributed by atoms with van der Waals surface area (Å²) in [6.45, 7) is 14.4. The van der Waals surface area contributed by atoms with E-state index in [9.17, 15) is 14.4 Å². The molecule has 2 aromatic rings. The first-order valence-corrected chi connectivity index (χ1v) is 11.1. The molecular weight excluding hydrogens is 432 g/mol. The van der Waals surface area contributed by atoms with Crippen molar-refractivity contribution in [1.82, 2.24) is 0 Å². The van der Waals surface area contributed by atoms with Crippen LogP contribution in [0, 0.1) is 24.7 Å². The van der Waals surface area contributed by atoms with Gasteiger partial charge in [0, 0.05) is 16.7 Å². The molecule has 34 heavy (non-hydrogen) atoms. The van der Waals surface area contributed by atoms with Crippen LogP contribution in [0.2, 0.25) is 0 Å². The molecule has 0 bridgehead atoms. The van der Waals surface area contributed by atoms with E-state index in [1.165, 1.54) is 13.2 Å². The van der Waals surface area contributed by atoms with Gasteiger partial charge in [0.15, 0.2) is 5.78 Å². The maximum absolute atomic E-state index is 12.7. The number of methoxy groups -OCH3 is 1. The predicted molar refractivity (Wildman–Crippen MR) is 132 cm³/mol. The van der Waals surface area contributed by atoms with Crippen LogP contribution in [0.25, 0.3) is 6.08 Å². The Morgan fingerprint density at radius 2 is 1.32 bits per heavy atom. The Morgan fingerprint density at radius 1 is 0.794 bits per heavy atom. The second kappa shape index (κ2) is 10.2. The topological polar surface area (TPSA) is 78.9 Å². The van der Waals surface area contributed by atoms with E-state index in [-0.39, 0.29) is 17.7 Å². The molecule has 0 N–H and O–H groups in total. The summed E-state index contributed by atoms with van der Waals surface area (Å²) in [6.07, 6.45) is 3.12. The molecule has 0 aliphatic rings. The van der Waals surface area contributed by atoms with Crippen molar-refractivity contribution in [2.24, 2.45) is 10.8 Å². The van der Waals surface area contributed by atoms with Gasteiger partial charge in [-0.2, -0.15) is 0 Å². The van der Waals surface area contributed by atoms with E-state index in [1.807, 2.05) is 19.9 Å². The van der Waals surface area contributed by atoms with Gasteiger partial charge in [-0.15, -0.1) is 0 Å². The lowest BCUT2D eigenvalue weighted by Gasteiger charge is -2.20. The third-order valence-electron chi connectivity index (χ3n) is 5.06. The van der Waals surface area contributed by atoms with Crippen LogP contribution in [0.15, 0.2) is 36.4 Å². The Bertz CT molecular complexity index is 1110. The van der Waals surface area contributed by atoms with Crippen molar-refractivity contribution in [3.05, 3.63) is 58.7 Å². The second-order valence-corrected chi connectivity index (χ2v) is 10.3. The van der Waals surface area contributed by atoms with Crippen LogP contribution >= 0.6 is 0 Å². The molecule has 0 atom stereocenters. The minimum absolute atomic E-state index is 0.214. The fraction of sp³-hybridized carbons (Fsp3) is 0.393. The summed E-state index contributed by atoms with van der Waals surface area (Å²) in [4.78, 5) is 37.1. The van der Waals surface area contributed by atoms with Gasteiger partial charge in [0.05, 0.1) is 17.9 Å². The fourth-order valence-corrected chi connectivity index (χ4v) is 2.99. The highest BCUT2D eigenvalue weighted by Crippen LogP contribution is 2.36. The van der Waals surface area contributed by atoms with E-state index in [2.05, 4.69) is 0 Å². The van der Waals surface area contributed by atoms with Gasteiger partial charge in [-0.3, -0.25) is 14.4 Å². The lowest BCUT2D eigenvalue weighted by atomic mass is 9.97. The zero-order chi connectivity index (χ0) is 25.8. The van der Waals surface area contributed by atoms with Gasteiger partial charge in [0.1, 0.15) is 17.2 Å². The summed E-state index contributed by atoms with van der Waals surface area (Å²) >= 11 is 0. The Morgan fingerprint density at radius 3 is 1.82 bits per heavy atom. The maximum atomic E-state index is 12.7. The lowest BCUT2D eigenvalue weighted by molar-refractivity contribution is -0.143. The van der Waals surface area contributed by atoms with Crippen LogP contribution in [-0.4, -0.2) is 24.8 Å². The van der Waals surface area contributed by atoms with E-state index < -0.39 is 10.8 Å². The monoisotopic (exact) mass is 466 g/mol. The largest absolute Gasteiger partial charge is 0.496 e. The molecule has 0 unspecified atom stereocenters. The fourth-order valence-electron chi connectivity index (χ4n) is 2.99. The highest BCUT2D eigenvalue weighted by Gasteiger charge is 2.26. The molecule has 0 amide bonds. The molecule has 0 heterocycles. The SMILES string of the molecule is COc1c(C=CC(=O)c2ccc(OC(=O)C(C)(C)C)cc2)cc(C)c(OC(=O)C(C)(C)C)c1C. The molecule has 6 heteroatoms. The minimum Gasteiger partial charge on any atom is -0.496 e. The van der Waals surface area contributed by atoms with Crippen LogP contribution in [0.3, 0.4) is 0 Å².